The van der Waals surface area contributed by atoms with E-state index in [2.05, 4.69) is 42.3 Å². The lowest BCUT2D eigenvalue weighted by atomic mass is 9.80. The van der Waals surface area contributed by atoms with Crippen LogP contribution in [-0.4, -0.2) is 25.6 Å². The second-order valence-corrected chi connectivity index (χ2v) is 6.87. The van der Waals surface area contributed by atoms with Gasteiger partial charge in [-0.3, -0.25) is 4.90 Å². The number of benzene rings is 2. The number of hydrogen-bond acceptors (Lipinski definition) is 3. The molecule has 1 aliphatic carbocycles. The van der Waals surface area contributed by atoms with E-state index in [4.69, 9.17) is 10.5 Å². The predicted octanol–water partition coefficient (Wildman–Crippen LogP) is 3.81. The highest BCUT2D eigenvalue weighted by molar-refractivity contribution is 5.51. The van der Waals surface area contributed by atoms with Crippen LogP contribution in [0.5, 0.6) is 5.75 Å². The van der Waals surface area contributed by atoms with Gasteiger partial charge >= 0.3 is 0 Å². The minimum Gasteiger partial charge on any atom is -0.497 e. The predicted molar refractivity (Wildman–Crippen MR) is 93.8 cm³/mol. The topological polar surface area (TPSA) is 38.5 Å². The van der Waals surface area contributed by atoms with Crippen molar-refractivity contribution in [2.24, 2.45) is 5.92 Å². The van der Waals surface area contributed by atoms with E-state index in [1.54, 1.807) is 7.11 Å². The molecule has 1 fully saturated rings. The molecule has 23 heavy (non-hydrogen) atoms. The molecule has 1 saturated heterocycles. The molecule has 2 aromatic rings. The first-order chi connectivity index (χ1) is 11.2. The lowest BCUT2D eigenvalue weighted by Gasteiger charge is -2.37. The summed E-state index contributed by atoms with van der Waals surface area (Å²) in [6, 6.07) is 15.6. The first-order valence-electron chi connectivity index (χ1n) is 8.42. The molecule has 2 aliphatic rings. The number of likely N-dealkylation sites (tertiary alicyclic amines) is 1. The summed E-state index contributed by atoms with van der Waals surface area (Å²) in [6.07, 6.45) is 2.55. The van der Waals surface area contributed by atoms with E-state index in [1.165, 1.54) is 36.1 Å². The van der Waals surface area contributed by atoms with E-state index in [1.807, 2.05) is 12.1 Å². The Bertz CT molecular complexity index is 710. The van der Waals surface area contributed by atoms with Gasteiger partial charge in [0.15, 0.2) is 0 Å². The third kappa shape index (κ3) is 2.31. The molecule has 2 aromatic carbocycles. The van der Waals surface area contributed by atoms with E-state index in [0.717, 1.165) is 11.4 Å². The Morgan fingerprint density at radius 3 is 2.61 bits per heavy atom. The average molecular weight is 308 g/mol. The van der Waals surface area contributed by atoms with Crippen molar-refractivity contribution < 1.29 is 4.74 Å². The zero-order valence-electron chi connectivity index (χ0n) is 13.8. The second-order valence-electron chi connectivity index (χ2n) is 6.87. The van der Waals surface area contributed by atoms with Gasteiger partial charge in [-0.25, -0.2) is 0 Å². The number of nitrogens with zero attached hydrogens (tertiary/aromatic N) is 1. The van der Waals surface area contributed by atoms with Crippen LogP contribution in [0.25, 0.3) is 0 Å². The molecule has 1 aliphatic heterocycles. The Hall–Kier alpha value is -2.00. The van der Waals surface area contributed by atoms with Crippen molar-refractivity contribution in [1.82, 2.24) is 4.90 Å². The van der Waals surface area contributed by atoms with Crippen LogP contribution in [0.1, 0.15) is 41.5 Å². The quantitative estimate of drug-likeness (QED) is 0.858. The van der Waals surface area contributed by atoms with Crippen LogP contribution in [0.2, 0.25) is 0 Å². The standard InChI is InChI=1S/C20H24N2O/c1-22-11-3-4-17-19(13-5-7-14(21)8-6-13)18-12-15(23-2)9-10-16(18)20(17)22/h5-10,12,17,19-20H,3-4,11,21H2,1-2H3. The zero-order chi connectivity index (χ0) is 16.0. The first kappa shape index (κ1) is 14.6. The molecular formula is C20H24N2O. The number of piperidine rings is 1. The zero-order valence-corrected chi connectivity index (χ0v) is 13.8. The number of nitrogens with two attached hydrogens (primary N) is 1. The highest BCUT2D eigenvalue weighted by atomic mass is 16.5. The lowest BCUT2D eigenvalue weighted by molar-refractivity contribution is 0.127. The molecule has 3 nitrogen and oxygen atoms in total. The van der Waals surface area contributed by atoms with Gasteiger partial charge < -0.3 is 10.5 Å². The van der Waals surface area contributed by atoms with E-state index in [9.17, 15) is 0 Å². The van der Waals surface area contributed by atoms with E-state index < -0.39 is 0 Å². The molecule has 3 heteroatoms. The van der Waals surface area contributed by atoms with Crippen LogP contribution in [0.4, 0.5) is 5.69 Å². The van der Waals surface area contributed by atoms with Crippen molar-refractivity contribution in [2.45, 2.75) is 24.8 Å². The minimum atomic E-state index is 0.438. The van der Waals surface area contributed by atoms with Crippen molar-refractivity contribution in [3.8, 4) is 5.75 Å². The fourth-order valence-corrected chi connectivity index (χ4v) is 4.60. The fraction of sp³-hybridized carbons (Fsp3) is 0.400. The Labute approximate surface area is 138 Å². The van der Waals surface area contributed by atoms with Gasteiger partial charge in [0.1, 0.15) is 5.75 Å². The van der Waals surface area contributed by atoms with E-state index in [0.29, 0.717) is 17.9 Å². The van der Waals surface area contributed by atoms with Gasteiger partial charge in [-0.15, -0.1) is 0 Å². The number of fused-ring (bicyclic) bond motifs is 3. The Balaban J connectivity index is 1.86. The molecule has 4 rings (SSSR count). The molecular weight excluding hydrogens is 284 g/mol. The number of methoxy groups -OCH3 is 1. The van der Waals surface area contributed by atoms with Crippen molar-refractivity contribution in [3.05, 3.63) is 59.2 Å². The normalized spacial score (nSPS) is 26.6. The molecule has 3 atom stereocenters. The van der Waals surface area contributed by atoms with Gasteiger partial charge in [0.25, 0.3) is 0 Å². The van der Waals surface area contributed by atoms with Gasteiger partial charge in [0, 0.05) is 17.6 Å². The number of rotatable bonds is 2. The smallest absolute Gasteiger partial charge is 0.119 e. The number of hydrogen-bond donors (Lipinski definition) is 1. The Kier molecular flexibility index (Phi) is 3.53. The van der Waals surface area contributed by atoms with Gasteiger partial charge in [0.2, 0.25) is 0 Å². The van der Waals surface area contributed by atoms with Crippen molar-refractivity contribution in [3.63, 3.8) is 0 Å². The summed E-state index contributed by atoms with van der Waals surface area (Å²) in [7, 11) is 4.00. The molecule has 0 bridgehead atoms. The van der Waals surface area contributed by atoms with Crippen molar-refractivity contribution >= 4 is 5.69 Å². The Morgan fingerprint density at radius 1 is 1.09 bits per heavy atom. The van der Waals surface area contributed by atoms with Crippen LogP contribution in [0, 0.1) is 5.92 Å². The second kappa shape index (κ2) is 5.57. The molecule has 2 N–H and O–H groups in total. The largest absolute Gasteiger partial charge is 0.497 e. The van der Waals surface area contributed by atoms with Crippen LogP contribution in [0.3, 0.4) is 0 Å². The fourth-order valence-electron chi connectivity index (χ4n) is 4.60. The summed E-state index contributed by atoms with van der Waals surface area (Å²) in [6.45, 7) is 1.18. The summed E-state index contributed by atoms with van der Waals surface area (Å²) in [5.41, 5.74) is 11.0. The Morgan fingerprint density at radius 2 is 1.87 bits per heavy atom. The highest BCUT2D eigenvalue weighted by Crippen LogP contribution is 2.54. The maximum Gasteiger partial charge on any atom is 0.119 e. The van der Waals surface area contributed by atoms with Gasteiger partial charge in [0.05, 0.1) is 7.11 Å². The molecule has 0 saturated carbocycles. The lowest BCUT2D eigenvalue weighted by Crippen LogP contribution is -2.34. The third-order valence-electron chi connectivity index (χ3n) is 5.60. The van der Waals surface area contributed by atoms with E-state index >= 15 is 0 Å². The maximum atomic E-state index is 5.89. The molecule has 0 radical (unpaired) electrons. The summed E-state index contributed by atoms with van der Waals surface area (Å²) in [5.74, 6) is 2.03. The first-order valence-corrected chi connectivity index (χ1v) is 8.42. The van der Waals surface area contributed by atoms with Crippen LogP contribution in [-0.2, 0) is 0 Å². The van der Waals surface area contributed by atoms with Gasteiger partial charge in [-0.2, -0.15) is 0 Å². The molecule has 0 spiro atoms. The monoisotopic (exact) mass is 308 g/mol. The van der Waals surface area contributed by atoms with Crippen LogP contribution < -0.4 is 10.5 Å². The molecule has 3 unspecified atom stereocenters. The highest BCUT2D eigenvalue weighted by Gasteiger charge is 2.44. The summed E-state index contributed by atoms with van der Waals surface area (Å²) in [4.78, 5) is 2.52. The molecule has 0 aromatic heterocycles. The number of ether oxygens (including phenoxy) is 1. The SMILES string of the molecule is COc1ccc2c(c1)C(c1ccc(N)cc1)C1CCCN(C)C21. The molecule has 1 heterocycles. The molecule has 120 valence electrons. The summed E-state index contributed by atoms with van der Waals surface area (Å²) >= 11 is 0. The average Bonchev–Trinajstić information content (AvgIpc) is 2.90. The number of anilines is 1. The van der Waals surface area contributed by atoms with Gasteiger partial charge in [-0.05, 0) is 73.3 Å². The minimum absolute atomic E-state index is 0.438. The third-order valence-corrected chi connectivity index (χ3v) is 5.60. The molecule has 0 amide bonds. The van der Waals surface area contributed by atoms with Crippen molar-refractivity contribution in [1.29, 1.82) is 0 Å². The summed E-state index contributed by atoms with van der Waals surface area (Å²) in [5, 5.41) is 0. The number of nitrogen functional groups attached to an aromatic ring is 1. The summed E-state index contributed by atoms with van der Waals surface area (Å²) < 4.78 is 5.49. The van der Waals surface area contributed by atoms with Gasteiger partial charge in [-0.1, -0.05) is 18.2 Å². The van der Waals surface area contributed by atoms with Crippen LogP contribution in [0.15, 0.2) is 42.5 Å². The van der Waals surface area contributed by atoms with E-state index in [-0.39, 0.29) is 0 Å². The van der Waals surface area contributed by atoms with Crippen molar-refractivity contribution in [2.75, 3.05) is 26.4 Å². The van der Waals surface area contributed by atoms with Crippen LogP contribution >= 0.6 is 0 Å². The maximum absolute atomic E-state index is 5.89.